The molecule has 1 saturated heterocycles. The molecule has 0 bridgehead atoms. The van der Waals surface area contributed by atoms with Gasteiger partial charge in [0.2, 0.25) is 5.91 Å². The summed E-state index contributed by atoms with van der Waals surface area (Å²) in [5, 5.41) is 25.6. The lowest BCUT2D eigenvalue weighted by Gasteiger charge is -2.49. The average Bonchev–Trinajstić information content (AvgIpc) is 3.14. The number of ketones is 2. The van der Waals surface area contributed by atoms with Crippen LogP contribution in [0, 0.1) is 29.1 Å². The Labute approximate surface area is 212 Å². The zero-order chi connectivity index (χ0) is 26.4. The molecule has 2 fully saturated rings. The Bertz CT molecular complexity index is 1080. The Morgan fingerprint density at radius 1 is 1.17 bits per heavy atom. The highest BCUT2D eigenvalue weighted by Gasteiger charge is 2.68. The molecule has 7 heteroatoms. The van der Waals surface area contributed by atoms with Gasteiger partial charge in [0.05, 0.1) is 12.2 Å². The van der Waals surface area contributed by atoms with Crippen LogP contribution in [0.1, 0.15) is 39.2 Å². The van der Waals surface area contributed by atoms with Gasteiger partial charge in [-0.3, -0.25) is 14.4 Å². The van der Waals surface area contributed by atoms with Gasteiger partial charge in [0.1, 0.15) is 11.0 Å². The number of hydrogen-bond donors (Lipinski definition) is 3. The van der Waals surface area contributed by atoms with Gasteiger partial charge in [0, 0.05) is 37.3 Å². The lowest BCUT2D eigenvalue weighted by molar-refractivity contribution is -0.162. The van der Waals surface area contributed by atoms with Crippen molar-refractivity contribution in [3.63, 3.8) is 0 Å². The number of hydrogen-bond acceptors (Lipinski definition) is 6. The molecule has 4 rings (SSSR count). The normalized spacial score (nSPS) is 42.2. The van der Waals surface area contributed by atoms with Gasteiger partial charge in [-0.1, -0.05) is 62.9 Å². The third-order valence-electron chi connectivity index (χ3n) is 8.84. The van der Waals surface area contributed by atoms with Gasteiger partial charge < -0.3 is 20.3 Å². The molecule has 36 heavy (non-hydrogen) atoms. The SMILES string of the molecule is C=C1[C@@H](C)[C@H]2[C@H](Cc3ccccc3)NC(=O)C23C(=O)CC(OC)[C@@](C)(O)C(=O)[C@@H](C)C/C=C/[C@H]3[C@@H]1O. The minimum atomic E-state index is -1.91. The number of amides is 1. The number of ether oxygens (including phenoxy) is 1. The predicted octanol–water partition coefficient (Wildman–Crippen LogP) is 2.40. The summed E-state index contributed by atoms with van der Waals surface area (Å²) in [4.78, 5) is 41.3. The summed E-state index contributed by atoms with van der Waals surface area (Å²) in [5.41, 5.74) is -1.89. The van der Waals surface area contributed by atoms with Crippen LogP contribution in [0.25, 0.3) is 0 Å². The van der Waals surface area contributed by atoms with E-state index < -0.39 is 58.5 Å². The first-order valence-corrected chi connectivity index (χ1v) is 12.7. The van der Waals surface area contributed by atoms with Crippen LogP contribution in [0.4, 0.5) is 0 Å². The van der Waals surface area contributed by atoms with Crippen molar-refractivity contribution in [3.8, 4) is 0 Å². The maximum absolute atomic E-state index is 14.3. The van der Waals surface area contributed by atoms with Crippen molar-refractivity contribution in [3.05, 3.63) is 60.2 Å². The van der Waals surface area contributed by atoms with Crippen LogP contribution in [0.2, 0.25) is 0 Å². The minimum Gasteiger partial charge on any atom is -0.388 e. The van der Waals surface area contributed by atoms with E-state index in [1.54, 1.807) is 19.1 Å². The van der Waals surface area contributed by atoms with E-state index in [4.69, 9.17) is 4.74 Å². The molecular formula is C29H37NO6. The highest BCUT2D eigenvalue weighted by atomic mass is 16.5. The van der Waals surface area contributed by atoms with Crippen molar-refractivity contribution in [1.82, 2.24) is 5.32 Å². The van der Waals surface area contributed by atoms with Crippen molar-refractivity contribution < 1.29 is 29.3 Å². The lowest BCUT2D eigenvalue weighted by atomic mass is 9.51. The van der Waals surface area contributed by atoms with E-state index in [1.807, 2.05) is 37.3 Å². The van der Waals surface area contributed by atoms with E-state index in [1.165, 1.54) is 14.0 Å². The van der Waals surface area contributed by atoms with Crippen molar-refractivity contribution in [2.24, 2.45) is 29.1 Å². The first-order valence-electron chi connectivity index (χ1n) is 12.7. The van der Waals surface area contributed by atoms with Gasteiger partial charge >= 0.3 is 0 Å². The number of aliphatic hydroxyl groups is 2. The van der Waals surface area contributed by atoms with E-state index in [9.17, 15) is 24.6 Å². The highest BCUT2D eigenvalue weighted by molar-refractivity contribution is 6.09. The third kappa shape index (κ3) is 3.98. The van der Waals surface area contributed by atoms with Crippen LogP contribution < -0.4 is 5.32 Å². The second-order valence-electron chi connectivity index (χ2n) is 10.9. The third-order valence-corrected chi connectivity index (χ3v) is 8.84. The van der Waals surface area contributed by atoms with Gasteiger partial charge in [-0.15, -0.1) is 0 Å². The number of carbonyl (C=O) groups excluding carboxylic acids is 3. The molecule has 9 atom stereocenters. The van der Waals surface area contributed by atoms with Crippen molar-refractivity contribution in [1.29, 1.82) is 0 Å². The fraction of sp³-hybridized carbons (Fsp3) is 0.552. The van der Waals surface area contributed by atoms with Gasteiger partial charge in [-0.05, 0) is 36.8 Å². The Balaban J connectivity index is 1.87. The molecule has 1 aromatic carbocycles. The number of rotatable bonds is 3. The molecule has 0 aromatic heterocycles. The number of benzene rings is 1. The zero-order valence-electron chi connectivity index (χ0n) is 21.4. The molecule has 3 N–H and O–H groups in total. The summed E-state index contributed by atoms with van der Waals surface area (Å²) in [7, 11) is 1.35. The Kier molecular flexibility index (Phi) is 7.12. The summed E-state index contributed by atoms with van der Waals surface area (Å²) in [6, 6.07) is 9.40. The molecule has 3 aliphatic rings. The largest absolute Gasteiger partial charge is 0.388 e. The van der Waals surface area contributed by atoms with Crippen LogP contribution in [-0.4, -0.2) is 58.6 Å². The topological polar surface area (TPSA) is 113 Å². The molecule has 1 spiro atoms. The quantitative estimate of drug-likeness (QED) is 0.439. The standard InChI is InChI=1S/C29H37NO6/c1-16-10-9-13-20-25(32)18(3)17(2)24-21(14-19-11-7-6-8-12-19)30-27(34)29(20,24)22(31)15-23(36-5)28(4,35)26(16)33/h6-9,11-13,16-17,20-21,23-25,32,35H,3,10,14-15H2,1-2,4-5H3,(H,30,34)/b13-9+/t16-,17+,20-,21-,23?,24-,25+,28+,29?/m0/s1. The summed E-state index contributed by atoms with van der Waals surface area (Å²) in [6.45, 7) is 9.15. The van der Waals surface area contributed by atoms with Gasteiger partial charge in [0.25, 0.3) is 0 Å². The number of carbonyl (C=O) groups is 3. The molecule has 1 aromatic rings. The fourth-order valence-corrected chi connectivity index (χ4v) is 6.79. The first kappa shape index (κ1) is 26.5. The number of allylic oxidation sites excluding steroid dienone is 1. The van der Waals surface area contributed by atoms with E-state index in [0.717, 1.165) is 5.56 Å². The van der Waals surface area contributed by atoms with Gasteiger partial charge in [0.15, 0.2) is 11.6 Å². The monoisotopic (exact) mass is 495 g/mol. The fourth-order valence-electron chi connectivity index (χ4n) is 6.79. The molecule has 1 heterocycles. The lowest BCUT2D eigenvalue weighted by Crippen LogP contribution is -2.60. The molecule has 1 saturated carbocycles. The molecule has 194 valence electrons. The van der Waals surface area contributed by atoms with E-state index >= 15 is 0 Å². The van der Waals surface area contributed by atoms with Crippen LogP contribution in [-0.2, 0) is 25.5 Å². The molecule has 1 amide bonds. The number of methoxy groups -OCH3 is 1. The number of nitrogens with one attached hydrogen (secondary N) is 1. The summed E-state index contributed by atoms with van der Waals surface area (Å²) in [6.07, 6.45) is 1.70. The minimum absolute atomic E-state index is 0.292. The molecule has 2 aliphatic carbocycles. The average molecular weight is 496 g/mol. The maximum Gasteiger partial charge on any atom is 0.235 e. The van der Waals surface area contributed by atoms with Crippen LogP contribution in [0.3, 0.4) is 0 Å². The van der Waals surface area contributed by atoms with Crippen LogP contribution >= 0.6 is 0 Å². The maximum atomic E-state index is 14.3. The molecule has 1 aliphatic heterocycles. The summed E-state index contributed by atoms with van der Waals surface area (Å²) in [5.74, 6) is -3.49. The van der Waals surface area contributed by atoms with Gasteiger partial charge in [-0.2, -0.15) is 0 Å². The summed E-state index contributed by atoms with van der Waals surface area (Å²) >= 11 is 0. The van der Waals surface area contributed by atoms with E-state index in [-0.39, 0.29) is 18.4 Å². The predicted molar refractivity (Wildman–Crippen MR) is 135 cm³/mol. The molecule has 2 unspecified atom stereocenters. The Hall–Kier alpha value is -2.61. The van der Waals surface area contributed by atoms with E-state index in [0.29, 0.717) is 18.4 Å². The molecule has 0 radical (unpaired) electrons. The smallest absolute Gasteiger partial charge is 0.235 e. The van der Waals surface area contributed by atoms with Crippen molar-refractivity contribution >= 4 is 17.5 Å². The Morgan fingerprint density at radius 2 is 1.83 bits per heavy atom. The van der Waals surface area contributed by atoms with Crippen molar-refractivity contribution in [2.75, 3.05) is 7.11 Å². The zero-order valence-corrected chi connectivity index (χ0v) is 21.4. The Morgan fingerprint density at radius 3 is 2.47 bits per heavy atom. The van der Waals surface area contributed by atoms with Gasteiger partial charge in [-0.25, -0.2) is 0 Å². The highest BCUT2D eigenvalue weighted by Crippen LogP contribution is 2.57. The van der Waals surface area contributed by atoms with E-state index in [2.05, 4.69) is 11.9 Å². The second-order valence-corrected chi connectivity index (χ2v) is 10.9. The first-order chi connectivity index (χ1) is 17.0. The van der Waals surface area contributed by atoms with Crippen LogP contribution in [0.5, 0.6) is 0 Å². The van der Waals surface area contributed by atoms with Crippen LogP contribution in [0.15, 0.2) is 54.6 Å². The number of aliphatic hydroxyl groups excluding tert-OH is 1. The number of Topliss-reactive ketones (excluding diaryl/α,β-unsaturated/α-hetero) is 2. The molecule has 7 nitrogen and oxygen atoms in total. The summed E-state index contributed by atoms with van der Waals surface area (Å²) < 4.78 is 5.50. The second kappa shape index (κ2) is 9.69. The van der Waals surface area contributed by atoms with Crippen molar-refractivity contribution in [2.45, 2.75) is 63.9 Å². The molecular weight excluding hydrogens is 458 g/mol.